The second-order valence-corrected chi connectivity index (χ2v) is 13.2. The summed E-state index contributed by atoms with van der Waals surface area (Å²) >= 11 is 0. The molecule has 2 aromatic carbocycles. The molecule has 0 N–H and O–H groups in total. The molecule has 5 aromatic heterocycles. The SMILES string of the molecule is O=[C]C(c1ccccc1)(c1ccc([C@]([C]=O)(c2ccccc2)N2CCC[C]2C(=O)n2c3ccc2cc3)o1)N1CCC[C]1C(=O)n1c2ccc1cc2. The summed E-state index contributed by atoms with van der Waals surface area (Å²) in [5.41, 5.74) is 0.933. The maximum atomic E-state index is 14.2. The van der Waals surface area contributed by atoms with Gasteiger partial charge >= 0.3 is 0 Å². The van der Waals surface area contributed by atoms with Crippen LogP contribution >= 0.6 is 0 Å². The Morgan fingerprint density at radius 2 is 0.863 bits per heavy atom. The number of carbonyl (C=O) groups excluding carboxylic acids is 4. The molecule has 4 bridgehead atoms. The Morgan fingerprint density at radius 1 is 0.510 bits per heavy atom. The van der Waals surface area contributed by atoms with Gasteiger partial charge in [-0.1, -0.05) is 60.7 Å². The lowest BCUT2D eigenvalue weighted by Gasteiger charge is -2.40. The van der Waals surface area contributed by atoms with Gasteiger partial charge in [-0.2, -0.15) is 0 Å². The van der Waals surface area contributed by atoms with Crippen molar-refractivity contribution in [2.75, 3.05) is 13.1 Å². The molecule has 1 unspecified atom stereocenters. The number of hydrogen-bond acceptors (Lipinski definition) is 7. The van der Waals surface area contributed by atoms with Crippen molar-refractivity contribution in [2.24, 2.45) is 0 Å². The van der Waals surface area contributed by atoms with Gasteiger partial charge < -0.3 is 4.42 Å². The molecule has 0 saturated carbocycles. The van der Waals surface area contributed by atoms with E-state index in [0.717, 1.165) is 22.1 Å². The Labute approximate surface area is 294 Å². The lowest BCUT2D eigenvalue weighted by atomic mass is 9.85. The minimum Gasteiger partial charge on any atom is -0.460 e. The van der Waals surface area contributed by atoms with E-state index in [9.17, 15) is 19.2 Å². The van der Waals surface area contributed by atoms with Gasteiger partial charge in [0.1, 0.15) is 23.6 Å². The molecule has 2 saturated heterocycles. The predicted molar refractivity (Wildman–Crippen MR) is 190 cm³/mol. The van der Waals surface area contributed by atoms with Crippen LogP contribution in [0, 0.1) is 12.1 Å². The van der Waals surface area contributed by atoms with Crippen LogP contribution in [0.4, 0.5) is 0 Å². The number of fused-ring (bicyclic) bond motifs is 4. The largest absolute Gasteiger partial charge is 0.460 e. The van der Waals surface area contributed by atoms with Gasteiger partial charge in [-0.3, -0.25) is 38.1 Å². The average Bonchev–Trinajstić information content (AvgIpc) is 4.04. The zero-order chi connectivity index (χ0) is 34.7. The van der Waals surface area contributed by atoms with Crippen LogP contribution in [0.1, 0.15) is 57.9 Å². The second-order valence-electron chi connectivity index (χ2n) is 13.2. The smallest absolute Gasteiger partial charge is 0.254 e. The van der Waals surface area contributed by atoms with Crippen molar-refractivity contribution in [3.05, 3.63) is 156 Å². The van der Waals surface area contributed by atoms with E-state index in [-0.39, 0.29) is 23.3 Å². The minimum absolute atomic E-state index is 0.201. The highest BCUT2D eigenvalue weighted by atomic mass is 16.3. The highest BCUT2D eigenvalue weighted by Crippen LogP contribution is 2.48. The third-order valence-electron chi connectivity index (χ3n) is 10.7. The topological polar surface area (TPSA) is 97.8 Å². The predicted octanol–water partition coefficient (Wildman–Crippen LogP) is 6.71. The van der Waals surface area contributed by atoms with Crippen molar-refractivity contribution in [1.29, 1.82) is 0 Å². The van der Waals surface area contributed by atoms with E-state index in [1.165, 1.54) is 0 Å². The number of benzene rings is 4. The first-order valence-electron chi connectivity index (χ1n) is 17.2. The van der Waals surface area contributed by atoms with Gasteiger partial charge in [-0.25, -0.2) is 0 Å². The number of aromatic nitrogens is 2. The molecule has 2 aliphatic rings. The van der Waals surface area contributed by atoms with E-state index in [1.54, 1.807) is 21.3 Å². The van der Waals surface area contributed by atoms with E-state index >= 15 is 0 Å². The van der Waals surface area contributed by atoms with Crippen LogP contribution in [0.3, 0.4) is 0 Å². The highest BCUT2D eigenvalue weighted by molar-refractivity contribution is 6.02. The monoisotopic (exact) mass is 672 g/mol. The summed E-state index contributed by atoms with van der Waals surface area (Å²) in [6.45, 7) is 0.802. The molecule has 7 heterocycles. The van der Waals surface area contributed by atoms with Crippen LogP contribution in [-0.4, -0.2) is 56.4 Å². The fourth-order valence-electron chi connectivity index (χ4n) is 8.34. The molecule has 9 heteroatoms. The Balaban J connectivity index is 1.19. The molecule has 0 spiro atoms. The van der Waals surface area contributed by atoms with E-state index in [4.69, 9.17) is 4.42 Å². The summed E-state index contributed by atoms with van der Waals surface area (Å²) in [4.78, 5) is 59.5. The lowest BCUT2D eigenvalue weighted by Crippen LogP contribution is -2.51. The van der Waals surface area contributed by atoms with Crippen molar-refractivity contribution < 1.29 is 23.6 Å². The number of likely N-dealkylation sites (tertiary alicyclic amines) is 2. The fourth-order valence-corrected chi connectivity index (χ4v) is 8.34. The first-order valence-corrected chi connectivity index (χ1v) is 17.2. The average molecular weight is 673 g/mol. The van der Waals surface area contributed by atoms with Crippen LogP contribution in [0.15, 0.2) is 126 Å². The Kier molecular flexibility index (Phi) is 7.38. The fraction of sp³-hybridized carbons (Fsp3) is 0.190. The third-order valence-corrected chi connectivity index (χ3v) is 10.7. The molecule has 0 amide bonds. The Morgan fingerprint density at radius 3 is 1.20 bits per heavy atom. The molecule has 250 valence electrons. The maximum absolute atomic E-state index is 14.2. The van der Waals surface area contributed by atoms with E-state index in [0.29, 0.717) is 62.0 Å². The van der Waals surface area contributed by atoms with Crippen LogP contribution in [0.5, 0.6) is 0 Å². The van der Waals surface area contributed by atoms with Gasteiger partial charge in [0, 0.05) is 35.2 Å². The summed E-state index contributed by atoms with van der Waals surface area (Å²) < 4.78 is 10.1. The van der Waals surface area contributed by atoms with Crippen molar-refractivity contribution in [2.45, 2.75) is 36.8 Å². The number of rotatable bonds is 10. The molecular weight excluding hydrogens is 640 g/mol. The molecule has 2 fully saturated rings. The summed E-state index contributed by atoms with van der Waals surface area (Å²) in [5.74, 6) is -0.0154. The molecule has 2 aliphatic heterocycles. The van der Waals surface area contributed by atoms with Crippen LogP contribution in [0.25, 0.3) is 22.1 Å². The molecule has 0 aliphatic carbocycles. The normalized spacial score (nSPS) is 18.8. The lowest BCUT2D eigenvalue weighted by molar-refractivity contribution is 0.0822. The molecule has 7 aromatic rings. The molecule has 2 atom stereocenters. The highest BCUT2D eigenvalue weighted by Gasteiger charge is 2.55. The van der Waals surface area contributed by atoms with Crippen LogP contribution in [0.2, 0.25) is 0 Å². The Hall–Kier alpha value is -5.64. The minimum atomic E-state index is -1.66. The molecular formula is C42H32N4O5. The van der Waals surface area contributed by atoms with E-state index in [2.05, 4.69) is 12.6 Å². The maximum Gasteiger partial charge on any atom is 0.254 e. The second kappa shape index (κ2) is 12.0. The zero-order valence-corrected chi connectivity index (χ0v) is 27.6. The van der Waals surface area contributed by atoms with Crippen LogP contribution < -0.4 is 0 Å². The van der Waals surface area contributed by atoms with Gasteiger partial charge in [0.25, 0.3) is 11.8 Å². The van der Waals surface area contributed by atoms with Crippen molar-refractivity contribution >= 4 is 46.5 Å². The molecule has 9 rings (SSSR count). The van der Waals surface area contributed by atoms with Crippen molar-refractivity contribution in [1.82, 2.24) is 18.9 Å². The van der Waals surface area contributed by atoms with E-state index < -0.39 is 11.1 Å². The standard InChI is InChI=1S/C42H32N4O5/c47-27-41(29-9-3-1-4-10-29,43-25-7-13-35(43)39(49)45-31-15-16-32(45)18-17-31)37-23-24-38(51-37)42(28-48,30-11-5-2-6-12-30)44-26-8-14-36(44)40(50)46-33-19-20-34(46)22-21-33/h1-6,9-12,15-24H,7-8,13-14,25-26H2/t41-,42?/m0/s1. The van der Waals surface area contributed by atoms with Gasteiger partial charge in [0.05, 0.1) is 0 Å². The quantitative estimate of drug-likeness (QED) is 0.159. The van der Waals surface area contributed by atoms with Gasteiger partial charge in [-0.05, 0) is 97.5 Å². The van der Waals surface area contributed by atoms with Crippen LogP contribution in [-0.2, 0) is 20.7 Å². The first kappa shape index (κ1) is 31.3. The first-order chi connectivity index (χ1) is 25.0. The zero-order valence-electron chi connectivity index (χ0n) is 27.6. The molecule has 9 nitrogen and oxygen atoms in total. The summed E-state index contributed by atoms with van der Waals surface area (Å²) in [5, 5.41) is 0. The molecule has 51 heavy (non-hydrogen) atoms. The van der Waals surface area contributed by atoms with Gasteiger partial charge in [0.2, 0.25) is 12.6 Å². The Bertz CT molecular complexity index is 2100. The van der Waals surface area contributed by atoms with E-state index in [1.807, 2.05) is 119 Å². The summed E-state index contributed by atoms with van der Waals surface area (Å²) in [6.07, 6.45) is 6.86. The molecule has 4 radical (unpaired) electrons. The number of nitrogens with zero attached hydrogens (tertiary/aromatic N) is 4. The van der Waals surface area contributed by atoms with Gasteiger partial charge in [-0.15, -0.1) is 0 Å². The number of hydrogen-bond donors (Lipinski definition) is 0. The third kappa shape index (κ3) is 4.48. The summed E-state index contributed by atoms with van der Waals surface area (Å²) in [7, 11) is 0. The van der Waals surface area contributed by atoms with Gasteiger partial charge in [0.15, 0.2) is 11.1 Å². The van der Waals surface area contributed by atoms with Crippen molar-refractivity contribution in [3.8, 4) is 0 Å². The summed E-state index contributed by atoms with van der Waals surface area (Å²) in [6, 6.07) is 37.8. The number of carbonyl (C=O) groups is 2. The number of furan rings is 1. The van der Waals surface area contributed by atoms with Crippen molar-refractivity contribution in [3.63, 3.8) is 0 Å².